The second kappa shape index (κ2) is 5.18. The molecular weight excluding hydrogens is 378 g/mol. The van der Waals surface area contributed by atoms with Gasteiger partial charge in [0, 0.05) is 0 Å². The molecule has 2 unspecified atom stereocenters. The first kappa shape index (κ1) is 12.9. The van der Waals surface area contributed by atoms with E-state index in [0.29, 0.717) is 34.3 Å². The number of aliphatic hydroxyl groups is 1. The fourth-order valence-electron chi connectivity index (χ4n) is 2.82. The molecule has 0 saturated carbocycles. The number of hydrogen-bond donors (Lipinski definition) is 1. The van der Waals surface area contributed by atoms with Gasteiger partial charge in [-0.1, -0.05) is 0 Å². The first-order valence-corrected chi connectivity index (χ1v) is 10.3. The maximum atomic E-state index is 10.6. The average molecular weight is 392 g/mol. The topological polar surface area (TPSA) is 20.2 Å². The summed E-state index contributed by atoms with van der Waals surface area (Å²) in [4.78, 5) is 0.536. The van der Waals surface area contributed by atoms with E-state index in [4.69, 9.17) is 0 Å². The van der Waals surface area contributed by atoms with Gasteiger partial charge in [-0.15, -0.1) is 0 Å². The molecule has 0 saturated heterocycles. The molecule has 100 valence electrons. The van der Waals surface area contributed by atoms with Gasteiger partial charge >= 0.3 is 131 Å². The van der Waals surface area contributed by atoms with E-state index in [1.807, 2.05) is 0 Å². The predicted octanol–water partition coefficient (Wildman–Crippen LogP) is 2.40. The summed E-state index contributed by atoms with van der Waals surface area (Å²) in [6, 6.07) is 19.3. The van der Waals surface area contributed by atoms with E-state index in [-0.39, 0.29) is 6.10 Å². The van der Waals surface area contributed by atoms with Crippen LogP contribution in [0.4, 0.5) is 0 Å². The average Bonchev–Trinajstić information content (AvgIpc) is 2.87. The van der Waals surface area contributed by atoms with Crippen LogP contribution in [-0.2, 0) is 0 Å². The van der Waals surface area contributed by atoms with Crippen molar-refractivity contribution in [2.45, 2.75) is 17.3 Å². The van der Waals surface area contributed by atoms with E-state index < -0.39 is 0 Å². The molecule has 0 bridgehead atoms. The van der Waals surface area contributed by atoms with E-state index in [1.54, 1.807) is 3.34 Å². The standard InChI is InChI=1S/C17H14OSe2/c18-13-10-15(11-6-2-1-3-7-11)20-17-16(13)12-8-4-5-9-14(12)19-17/h1-9,13,15,18H,10H2. The minimum atomic E-state index is -0.281. The van der Waals surface area contributed by atoms with Crippen LogP contribution in [0.1, 0.15) is 28.5 Å². The second-order valence-corrected chi connectivity index (χ2v) is 11.1. The zero-order valence-corrected chi connectivity index (χ0v) is 14.2. The molecule has 1 aromatic heterocycles. The Labute approximate surface area is 130 Å². The van der Waals surface area contributed by atoms with E-state index >= 15 is 0 Å². The molecule has 2 heterocycles. The van der Waals surface area contributed by atoms with Gasteiger partial charge < -0.3 is 0 Å². The van der Waals surface area contributed by atoms with Crippen molar-refractivity contribution in [1.29, 1.82) is 0 Å². The van der Waals surface area contributed by atoms with Crippen LogP contribution in [0, 0.1) is 0 Å². The molecular formula is C17H14OSe2. The number of hydrogen-bond acceptors (Lipinski definition) is 1. The molecule has 0 fully saturated rings. The van der Waals surface area contributed by atoms with Gasteiger partial charge in [0.15, 0.2) is 0 Å². The van der Waals surface area contributed by atoms with Gasteiger partial charge in [-0.05, 0) is 0 Å². The third kappa shape index (κ3) is 2.11. The summed E-state index contributed by atoms with van der Waals surface area (Å²) in [5.74, 6) is 0. The van der Waals surface area contributed by atoms with Crippen LogP contribution in [0.25, 0.3) is 9.65 Å². The molecule has 0 radical (unpaired) electrons. The first-order chi connectivity index (χ1) is 9.83. The molecule has 1 aliphatic heterocycles. The molecule has 1 N–H and O–H groups in total. The minimum absolute atomic E-state index is 0.281. The van der Waals surface area contributed by atoms with Crippen molar-refractivity contribution in [3.8, 4) is 0 Å². The van der Waals surface area contributed by atoms with Crippen molar-refractivity contribution in [3.63, 3.8) is 0 Å². The molecule has 3 heteroatoms. The Morgan fingerprint density at radius 2 is 1.70 bits per heavy atom. The number of rotatable bonds is 1. The summed E-state index contributed by atoms with van der Waals surface area (Å²) in [6.07, 6.45) is 0.601. The molecule has 20 heavy (non-hydrogen) atoms. The SMILES string of the molecule is OC1CC(c2ccccc2)[Se]c2[se]c3ccccc3c21. The summed E-state index contributed by atoms with van der Waals surface area (Å²) < 4.78 is 3.03. The third-order valence-electron chi connectivity index (χ3n) is 3.79. The van der Waals surface area contributed by atoms with Crippen molar-refractivity contribution in [1.82, 2.24) is 0 Å². The van der Waals surface area contributed by atoms with E-state index in [2.05, 4.69) is 54.6 Å². The Kier molecular flexibility index (Phi) is 3.34. The van der Waals surface area contributed by atoms with Gasteiger partial charge in [-0.3, -0.25) is 0 Å². The van der Waals surface area contributed by atoms with Crippen molar-refractivity contribution < 1.29 is 5.11 Å². The van der Waals surface area contributed by atoms with Crippen LogP contribution < -0.4 is 3.34 Å². The summed E-state index contributed by atoms with van der Waals surface area (Å²) >= 11 is 0.912. The summed E-state index contributed by atoms with van der Waals surface area (Å²) in [6.45, 7) is 0. The number of aliphatic hydroxyl groups excluding tert-OH is 1. The van der Waals surface area contributed by atoms with E-state index in [9.17, 15) is 5.11 Å². The number of benzene rings is 2. The normalized spacial score (nSPS) is 21.9. The molecule has 3 aromatic rings. The Balaban J connectivity index is 1.80. The van der Waals surface area contributed by atoms with Crippen molar-refractivity contribution >= 4 is 42.4 Å². The molecule has 0 spiro atoms. The Hall–Kier alpha value is -0.821. The maximum absolute atomic E-state index is 10.6. The Morgan fingerprint density at radius 3 is 2.55 bits per heavy atom. The van der Waals surface area contributed by atoms with E-state index in [1.165, 1.54) is 20.8 Å². The molecule has 4 rings (SSSR count). The fraction of sp³-hybridized carbons (Fsp3) is 0.176. The van der Waals surface area contributed by atoms with Gasteiger partial charge in [0.25, 0.3) is 0 Å². The zero-order valence-electron chi connectivity index (χ0n) is 10.8. The van der Waals surface area contributed by atoms with Crippen LogP contribution in [0.5, 0.6) is 0 Å². The van der Waals surface area contributed by atoms with Crippen LogP contribution in [0.15, 0.2) is 54.6 Å². The molecule has 2 atom stereocenters. The molecule has 0 aliphatic carbocycles. The first-order valence-electron chi connectivity index (χ1n) is 6.74. The molecule has 1 nitrogen and oxygen atoms in total. The van der Waals surface area contributed by atoms with Crippen LogP contribution >= 0.6 is 0 Å². The van der Waals surface area contributed by atoms with Crippen LogP contribution in [0.3, 0.4) is 0 Å². The van der Waals surface area contributed by atoms with Gasteiger partial charge in [-0.25, -0.2) is 0 Å². The zero-order chi connectivity index (χ0) is 13.5. The summed E-state index contributed by atoms with van der Waals surface area (Å²) in [5.41, 5.74) is 2.66. The van der Waals surface area contributed by atoms with Gasteiger partial charge in [0.05, 0.1) is 0 Å². The summed E-state index contributed by atoms with van der Waals surface area (Å²) in [5, 5.41) is 11.9. The fourth-order valence-corrected chi connectivity index (χ4v) is 10.3. The van der Waals surface area contributed by atoms with Crippen molar-refractivity contribution in [2.75, 3.05) is 0 Å². The predicted molar refractivity (Wildman–Crippen MR) is 85.0 cm³/mol. The molecule has 2 aromatic carbocycles. The quantitative estimate of drug-likeness (QED) is 0.631. The Bertz CT molecular complexity index is 748. The van der Waals surface area contributed by atoms with Crippen molar-refractivity contribution in [3.05, 3.63) is 65.7 Å². The second-order valence-electron chi connectivity index (χ2n) is 5.07. The van der Waals surface area contributed by atoms with Crippen LogP contribution in [0.2, 0.25) is 0 Å². The Morgan fingerprint density at radius 1 is 0.950 bits per heavy atom. The van der Waals surface area contributed by atoms with E-state index in [0.717, 1.165) is 6.42 Å². The third-order valence-corrected chi connectivity index (χ3v) is 10.3. The van der Waals surface area contributed by atoms with Crippen molar-refractivity contribution in [2.24, 2.45) is 0 Å². The van der Waals surface area contributed by atoms with Crippen LogP contribution in [-0.4, -0.2) is 34.6 Å². The van der Waals surface area contributed by atoms with Gasteiger partial charge in [0.1, 0.15) is 0 Å². The van der Waals surface area contributed by atoms with Gasteiger partial charge in [-0.2, -0.15) is 0 Å². The molecule has 1 aliphatic rings. The molecule has 0 amide bonds. The summed E-state index contributed by atoms with van der Waals surface area (Å²) in [7, 11) is 0. The number of fused-ring (bicyclic) bond motifs is 3. The van der Waals surface area contributed by atoms with Gasteiger partial charge in [0.2, 0.25) is 0 Å². The monoisotopic (exact) mass is 394 g/mol.